The summed E-state index contributed by atoms with van der Waals surface area (Å²) in [5.74, 6) is 0.0541. The molecule has 0 spiro atoms. The zero-order valence-electron chi connectivity index (χ0n) is 14.9. The molecule has 1 fully saturated rings. The smallest absolute Gasteiger partial charge is 0.342 e. The summed E-state index contributed by atoms with van der Waals surface area (Å²) < 4.78 is 61.7. The number of nitrogens with zero attached hydrogens (tertiary/aromatic N) is 1. The van der Waals surface area contributed by atoms with Crippen LogP contribution in [0.2, 0.25) is 0 Å². The van der Waals surface area contributed by atoms with Gasteiger partial charge in [-0.15, -0.1) is 0 Å². The summed E-state index contributed by atoms with van der Waals surface area (Å²) in [4.78, 5) is 14.0. The largest absolute Gasteiger partial charge is 0.416 e. The Morgan fingerprint density at radius 3 is 2.15 bits per heavy atom. The van der Waals surface area contributed by atoms with Gasteiger partial charge in [-0.05, 0) is 50.3 Å². The predicted molar refractivity (Wildman–Crippen MR) is 93.4 cm³/mol. The lowest BCUT2D eigenvalue weighted by atomic mass is 9.98. The number of benzene rings is 1. The van der Waals surface area contributed by atoms with Crippen molar-refractivity contribution in [1.29, 1.82) is 0 Å². The molecule has 26 heavy (non-hydrogen) atoms. The van der Waals surface area contributed by atoms with Gasteiger partial charge in [0.25, 0.3) is 0 Å². The second-order valence-electron chi connectivity index (χ2n) is 7.07. The van der Waals surface area contributed by atoms with Gasteiger partial charge >= 0.3 is 6.18 Å². The van der Waals surface area contributed by atoms with E-state index in [0.29, 0.717) is 31.5 Å². The molecule has 1 heterocycles. The molecule has 146 valence electrons. The fraction of sp³-hybridized carbons (Fsp3) is 0.611. The molecule has 1 saturated heterocycles. The van der Waals surface area contributed by atoms with E-state index in [1.165, 1.54) is 12.1 Å². The van der Waals surface area contributed by atoms with Crippen LogP contribution in [0.25, 0.3) is 0 Å². The van der Waals surface area contributed by atoms with Gasteiger partial charge in [-0.2, -0.15) is 13.2 Å². The molecule has 1 aliphatic heterocycles. The average molecular weight is 391 g/mol. The van der Waals surface area contributed by atoms with E-state index in [4.69, 9.17) is 0 Å². The van der Waals surface area contributed by atoms with Gasteiger partial charge in [0.15, 0.2) is 9.84 Å². The van der Waals surface area contributed by atoms with Gasteiger partial charge in [0, 0.05) is 13.1 Å². The zero-order valence-corrected chi connectivity index (χ0v) is 15.7. The van der Waals surface area contributed by atoms with Crippen LogP contribution in [0.1, 0.15) is 37.8 Å². The van der Waals surface area contributed by atoms with Crippen LogP contribution in [0.5, 0.6) is 0 Å². The summed E-state index contributed by atoms with van der Waals surface area (Å²) >= 11 is 0. The lowest BCUT2D eigenvalue weighted by molar-refractivity contribution is -0.137. The minimum absolute atomic E-state index is 0.0487. The molecular formula is C18H24F3NO3S. The molecule has 1 aromatic carbocycles. The van der Waals surface area contributed by atoms with Crippen molar-refractivity contribution in [2.45, 2.75) is 44.5 Å². The molecule has 0 unspecified atom stereocenters. The second-order valence-corrected chi connectivity index (χ2v) is 9.68. The highest BCUT2D eigenvalue weighted by Crippen LogP contribution is 2.29. The van der Waals surface area contributed by atoms with E-state index >= 15 is 0 Å². The normalized spacial score (nSPS) is 16.9. The summed E-state index contributed by atoms with van der Waals surface area (Å²) in [6.45, 7) is 4.30. The molecule has 0 bridgehead atoms. The summed E-state index contributed by atoms with van der Waals surface area (Å²) in [6.07, 6.45) is -3.08. The number of hydrogen-bond donors (Lipinski definition) is 0. The van der Waals surface area contributed by atoms with Crippen LogP contribution in [0.3, 0.4) is 0 Å². The highest BCUT2D eigenvalue weighted by Gasteiger charge is 2.30. The number of hydrogen-bond acceptors (Lipinski definition) is 3. The number of halogens is 3. The van der Waals surface area contributed by atoms with Gasteiger partial charge in [-0.3, -0.25) is 4.79 Å². The van der Waals surface area contributed by atoms with Crippen LogP contribution in [0.4, 0.5) is 13.2 Å². The molecule has 1 aliphatic rings. The first kappa shape index (κ1) is 20.7. The fourth-order valence-electron chi connectivity index (χ4n) is 2.97. The SMILES string of the molecule is CC(C)S(=O)(=O)CC1CCN(C(=O)Cc2ccc(C(F)(F)F)cc2)CC1. The molecule has 0 atom stereocenters. The third kappa shape index (κ3) is 5.46. The number of likely N-dealkylation sites (tertiary alicyclic amines) is 1. The van der Waals surface area contributed by atoms with Gasteiger partial charge in [0.2, 0.25) is 5.91 Å². The van der Waals surface area contributed by atoms with Crippen molar-refractivity contribution >= 4 is 15.7 Å². The van der Waals surface area contributed by atoms with E-state index in [-0.39, 0.29) is 24.0 Å². The monoisotopic (exact) mass is 391 g/mol. The van der Waals surface area contributed by atoms with Gasteiger partial charge in [-0.1, -0.05) is 12.1 Å². The Balaban J connectivity index is 1.87. The van der Waals surface area contributed by atoms with Gasteiger partial charge < -0.3 is 4.90 Å². The average Bonchev–Trinajstić information content (AvgIpc) is 2.54. The van der Waals surface area contributed by atoms with E-state index in [2.05, 4.69) is 0 Å². The van der Waals surface area contributed by atoms with Crippen molar-refractivity contribution < 1.29 is 26.4 Å². The highest BCUT2D eigenvalue weighted by atomic mass is 32.2. The molecule has 0 saturated carbocycles. The third-order valence-corrected chi connectivity index (χ3v) is 7.16. The summed E-state index contributed by atoms with van der Waals surface area (Å²) in [7, 11) is -3.10. The van der Waals surface area contributed by atoms with Crippen molar-refractivity contribution in [3.05, 3.63) is 35.4 Å². The topological polar surface area (TPSA) is 54.5 Å². The Kier molecular flexibility index (Phi) is 6.37. The molecular weight excluding hydrogens is 367 g/mol. The van der Waals surface area contributed by atoms with E-state index < -0.39 is 26.8 Å². The highest BCUT2D eigenvalue weighted by molar-refractivity contribution is 7.91. The van der Waals surface area contributed by atoms with Crippen molar-refractivity contribution in [3.8, 4) is 0 Å². The quantitative estimate of drug-likeness (QED) is 0.774. The fourth-order valence-corrected chi connectivity index (χ4v) is 4.34. The Morgan fingerprint density at radius 2 is 1.69 bits per heavy atom. The second kappa shape index (κ2) is 7.98. The Bertz CT molecular complexity index is 719. The first-order valence-electron chi connectivity index (χ1n) is 8.64. The lowest BCUT2D eigenvalue weighted by Gasteiger charge is -2.32. The maximum Gasteiger partial charge on any atom is 0.416 e. The predicted octanol–water partition coefficient (Wildman–Crippen LogP) is 3.31. The molecule has 0 N–H and O–H groups in total. The maximum absolute atomic E-state index is 12.6. The van der Waals surface area contributed by atoms with Crippen LogP contribution in [0, 0.1) is 5.92 Å². The number of piperidine rings is 1. The zero-order chi connectivity index (χ0) is 19.5. The van der Waals surface area contributed by atoms with E-state index in [1.54, 1.807) is 18.7 Å². The van der Waals surface area contributed by atoms with Gasteiger partial charge in [-0.25, -0.2) is 8.42 Å². The van der Waals surface area contributed by atoms with Crippen molar-refractivity contribution in [2.75, 3.05) is 18.8 Å². The number of alkyl halides is 3. The summed E-state index contributed by atoms with van der Waals surface area (Å²) in [5, 5.41) is -0.401. The Morgan fingerprint density at radius 1 is 1.15 bits per heavy atom. The standard InChI is InChI=1S/C18H24F3NO3S/c1-13(2)26(24,25)12-15-7-9-22(10-8-15)17(23)11-14-3-5-16(6-4-14)18(19,20)21/h3-6,13,15H,7-12H2,1-2H3. The number of carbonyl (C=O) groups is 1. The molecule has 2 rings (SSSR count). The maximum atomic E-state index is 12.6. The number of amides is 1. The first-order valence-corrected chi connectivity index (χ1v) is 10.4. The molecule has 0 aliphatic carbocycles. The molecule has 1 amide bonds. The van der Waals surface area contributed by atoms with E-state index in [0.717, 1.165) is 12.1 Å². The third-order valence-electron chi connectivity index (χ3n) is 4.79. The van der Waals surface area contributed by atoms with Crippen LogP contribution < -0.4 is 0 Å². The number of rotatable bonds is 5. The Labute approximate surface area is 152 Å². The summed E-state index contributed by atoms with van der Waals surface area (Å²) in [5.41, 5.74) is -0.201. The van der Waals surface area contributed by atoms with Crippen molar-refractivity contribution in [3.63, 3.8) is 0 Å². The number of carbonyl (C=O) groups excluding carboxylic acids is 1. The summed E-state index contributed by atoms with van der Waals surface area (Å²) in [6, 6.07) is 4.60. The minimum atomic E-state index is -4.39. The van der Waals surface area contributed by atoms with Crippen LogP contribution in [0.15, 0.2) is 24.3 Å². The lowest BCUT2D eigenvalue weighted by Crippen LogP contribution is -2.41. The molecule has 1 aromatic rings. The van der Waals surface area contributed by atoms with Gasteiger partial charge in [0.05, 0.1) is 23.0 Å². The van der Waals surface area contributed by atoms with Crippen molar-refractivity contribution in [2.24, 2.45) is 5.92 Å². The van der Waals surface area contributed by atoms with Crippen LogP contribution in [-0.2, 0) is 27.2 Å². The van der Waals surface area contributed by atoms with Gasteiger partial charge in [0.1, 0.15) is 0 Å². The van der Waals surface area contributed by atoms with Crippen LogP contribution >= 0.6 is 0 Å². The van der Waals surface area contributed by atoms with Crippen molar-refractivity contribution in [1.82, 2.24) is 4.90 Å². The van der Waals surface area contributed by atoms with E-state index in [1.807, 2.05) is 0 Å². The van der Waals surface area contributed by atoms with E-state index in [9.17, 15) is 26.4 Å². The Hall–Kier alpha value is -1.57. The minimum Gasteiger partial charge on any atom is -0.342 e. The molecule has 0 aromatic heterocycles. The first-order chi connectivity index (χ1) is 12.0. The number of sulfone groups is 1. The molecule has 4 nitrogen and oxygen atoms in total. The molecule has 8 heteroatoms. The van der Waals surface area contributed by atoms with Crippen LogP contribution in [-0.4, -0.2) is 43.3 Å². The molecule has 0 radical (unpaired) electrons.